The molecular formula is C15H25N3O2. The van der Waals surface area contributed by atoms with Crippen LogP contribution in [-0.4, -0.2) is 29.5 Å². The first-order valence-corrected chi connectivity index (χ1v) is 7.35. The molecule has 0 aliphatic rings. The molecule has 0 amide bonds. The summed E-state index contributed by atoms with van der Waals surface area (Å²) in [6, 6.07) is 5.35. The number of nitro groups is 1. The lowest BCUT2D eigenvalue weighted by molar-refractivity contribution is -0.384. The highest BCUT2D eigenvalue weighted by atomic mass is 16.6. The molecule has 0 saturated heterocycles. The van der Waals surface area contributed by atoms with E-state index in [-0.39, 0.29) is 10.6 Å². The van der Waals surface area contributed by atoms with Crippen LogP contribution in [0.2, 0.25) is 0 Å². The first-order valence-electron chi connectivity index (χ1n) is 7.35. The smallest absolute Gasteiger partial charge is 0.292 e. The fourth-order valence-corrected chi connectivity index (χ4v) is 2.16. The van der Waals surface area contributed by atoms with Gasteiger partial charge in [0.15, 0.2) is 0 Å². The summed E-state index contributed by atoms with van der Waals surface area (Å²) in [6.07, 6.45) is 2.36. The summed E-state index contributed by atoms with van der Waals surface area (Å²) in [6.45, 7) is 9.85. The van der Waals surface area contributed by atoms with Gasteiger partial charge >= 0.3 is 0 Å². The predicted molar refractivity (Wildman–Crippen MR) is 83.1 cm³/mol. The number of hydrogen-bond acceptors (Lipinski definition) is 4. The topological polar surface area (TPSA) is 58.4 Å². The van der Waals surface area contributed by atoms with Crippen molar-refractivity contribution in [2.45, 2.75) is 40.2 Å². The molecule has 0 unspecified atom stereocenters. The van der Waals surface area contributed by atoms with Gasteiger partial charge in [-0.25, -0.2) is 0 Å². The Balaban J connectivity index is 2.84. The van der Waals surface area contributed by atoms with Gasteiger partial charge in [-0.15, -0.1) is 0 Å². The maximum absolute atomic E-state index is 11.0. The van der Waals surface area contributed by atoms with Crippen LogP contribution >= 0.6 is 0 Å². The van der Waals surface area contributed by atoms with Gasteiger partial charge in [0.05, 0.1) is 4.92 Å². The minimum absolute atomic E-state index is 0.146. The van der Waals surface area contributed by atoms with E-state index in [0.717, 1.165) is 25.2 Å². The number of rotatable bonds is 9. The molecule has 1 rings (SSSR count). The molecule has 20 heavy (non-hydrogen) atoms. The SMILES string of the molecule is CCCCN(CC)Cc1ccc([N+](=O)[O-])c(NCC)c1. The Bertz CT molecular complexity index is 435. The molecule has 0 fully saturated rings. The van der Waals surface area contributed by atoms with Gasteiger partial charge in [-0.2, -0.15) is 0 Å². The minimum Gasteiger partial charge on any atom is -0.380 e. The first kappa shape index (κ1) is 16.4. The normalized spacial score (nSPS) is 10.8. The number of nitrogens with zero attached hydrogens (tertiary/aromatic N) is 2. The molecule has 0 atom stereocenters. The summed E-state index contributed by atoms with van der Waals surface area (Å²) in [4.78, 5) is 13.0. The minimum atomic E-state index is -0.337. The van der Waals surface area contributed by atoms with Crippen molar-refractivity contribution in [2.24, 2.45) is 0 Å². The Morgan fingerprint density at radius 3 is 2.60 bits per heavy atom. The van der Waals surface area contributed by atoms with Crippen molar-refractivity contribution in [1.82, 2.24) is 4.90 Å². The molecule has 0 radical (unpaired) electrons. The first-order chi connectivity index (χ1) is 9.62. The maximum Gasteiger partial charge on any atom is 0.292 e. The van der Waals surface area contributed by atoms with Crippen LogP contribution in [0.15, 0.2) is 18.2 Å². The number of nitro benzene ring substituents is 1. The van der Waals surface area contributed by atoms with Crippen molar-refractivity contribution in [2.75, 3.05) is 25.0 Å². The zero-order valence-electron chi connectivity index (χ0n) is 12.7. The highest BCUT2D eigenvalue weighted by molar-refractivity contribution is 5.62. The number of nitrogens with one attached hydrogen (secondary N) is 1. The molecule has 1 aromatic carbocycles. The summed E-state index contributed by atoms with van der Waals surface area (Å²) < 4.78 is 0. The number of benzene rings is 1. The van der Waals surface area contributed by atoms with Crippen LogP contribution in [0.4, 0.5) is 11.4 Å². The van der Waals surface area contributed by atoms with E-state index in [1.165, 1.54) is 12.8 Å². The van der Waals surface area contributed by atoms with E-state index in [1.54, 1.807) is 6.07 Å². The molecular weight excluding hydrogens is 254 g/mol. The Kier molecular flexibility index (Phi) is 7.01. The molecule has 0 aliphatic heterocycles. The van der Waals surface area contributed by atoms with Crippen molar-refractivity contribution < 1.29 is 4.92 Å². The van der Waals surface area contributed by atoms with Gasteiger partial charge in [-0.05, 0) is 38.1 Å². The van der Waals surface area contributed by atoms with Crippen molar-refractivity contribution in [1.29, 1.82) is 0 Å². The summed E-state index contributed by atoms with van der Waals surface area (Å²) in [5.41, 5.74) is 1.87. The molecule has 1 aromatic rings. The Hall–Kier alpha value is -1.62. The second-order valence-corrected chi connectivity index (χ2v) is 4.86. The van der Waals surface area contributed by atoms with Gasteiger partial charge in [0, 0.05) is 19.2 Å². The van der Waals surface area contributed by atoms with E-state index < -0.39 is 0 Å². The lowest BCUT2D eigenvalue weighted by atomic mass is 10.1. The van der Waals surface area contributed by atoms with Crippen LogP contribution in [0.5, 0.6) is 0 Å². The van der Waals surface area contributed by atoms with E-state index in [4.69, 9.17) is 0 Å². The monoisotopic (exact) mass is 279 g/mol. The number of anilines is 1. The molecule has 1 N–H and O–H groups in total. The van der Waals surface area contributed by atoms with Crippen LogP contribution in [0.1, 0.15) is 39.2 Å². The van der Waals surface area contributed by atoms with E-state index in [1.807, 2.05) is 19.1 Å². The van der Waals surface area contributed by atoms with Gasteiger partial charge in [-0.1, -0.05) is 26.3 Å². The lowest BCUT2D eigenvalue weighted by Crippen LogP contribution is -2.24. The largest absolute Gasteiger partial charge is 0.380 e. The van der Waals surface area contributed by atoms with Gasteiger partial charge in [-0.3, -0.25) is 15.0 Å². The lowest BCUT2D eigenvalue weighted by Gasteiger charge is -2.20. The molecule has 0 spiro atoms. The zero-order valence-corrected chi connectivity index (χ0v) is 12.7. The van der Waals surface area contributed by atoms with E-state index in [9.17, 15) is 10.1 Å². The van der Waals surface area contributed by atoms with Gasteiger partial charge in [0.1, 0.15) is 5.69 Å². The molecule has 0 aliphatic carbocycles. The molecule has 0 heterocycles. The molecule has 5 nitrogen and oxygen atoms in total. The van der Waals surface area contributed by atoms with Crippen molar-refractivity contribution >= 4 is 11.4 Å². The summed E-state index contributed by atoms with van der Waals surface area (Å²) in [7, 11) is 0. The van der Waals surface area contributed by atoms with Crippen LogP contribution in [-0.2, 0) is 6.54 Å². The summed E-state index contributed by atoms with van der Waals surface area (Å²) in [5, 5.41) is 14.1. The van der Waals surface area contributed by atoms with Crippen LogP contribution in [0.25, 0.3) is 0 Å². The van der Waals surface area contributed by atoms with Crippen molar-refractivity contribution in [3.63, 3.8) is 0 Å². The van der Waals surface area contributed by atoms with E-state index >= 15 is 0 Å². The van der Waals surface area contributed by atoms with E-state index in [2.05, 4.69) is 24.1 Å². The summed E-state index contributed by atoms with van der Waals surface area (Å²) in [5.74, 6) is 0. The molecule has 0 aromatic heterocycles. The predicted octanol–water partition coefficient (Wildman–Crippen LogP) is 3.65. The number of hydrogen-bond donors (Lipinski definition) is 1. The Morgan fingerprint density at radius 1 is 1.30 bits per heavy atom. The third-order valence-corrected chi connectivity index (χ3v) is 3.31. The Morgan fingerprint density at radius 2 is 2.05 bits per heavy atom. The molecule has 112 valence electrons. The fraction of sp³-hybridized carbons (Fsp3) is 0.600. The van der Waals surface area contributed by atoms with Gasteiger partial charge in [0.2, 0.25) is 0 Å². The third kappa shape index (κ3) is 4.81. The second kappa shape index (κ2) is 8.53. The number of unbranched alkanes of at least 4 members (excludes halogenated alkanes) is 1. The zero-order chi connectivity index (χ0) is 15.0. The van der Waals surface area contributed by atoms with Crippen molar-refractivity contribution in [3.8, 4) is 0 Å². The van der Waals surface area contributed by atoms with Gasteiger partial charge in [0.25, 0.3) is 5.69 Å². The highest BCUT2D eigenvalue weighted by Gasteiger charge is 2.14. The molecule has 0 saturated carbocycles. The van der Waals surface area contributed by atoms with Crippen molar-refractivity contribution in [3.05, 3.63) is 33.9 Å². The van der Waals surface area contributed by atoms with Gasteiger partial charge < -0.3 is 5.32 Å². The standard InChI is InChI=1S/C15H25N3O2/c1-4-7-10-17(6-3)12-13-8-9-15(18(19)20)14(11-13)16-5-2/h8-9,11,16H,4-7,10,12H2,1-3H3. The Labute approximate surface area is 121 Å². The molecule has 0 bridgehead atoms. The molecule has 5 heteroatoms. The summed E-state index contributed by atoms with van der Waals surface area (Å²) >= 11 is 0. The average Bonchev–Trinajstić information content (AvgIpc) is 2.43. The third-order valence-electron chi connectivity index (χ3n) is 3.31. The van der Waals surface area contributed by atoms with E-state index in [0.29, 0.717) is 12.2 Å². The van der Waals surface area contributed by atoms with Crippen LogP contribution < -0.4 is 5.32 Å². The fourth-order valence-electron chi connectivity index (χ4n) is 2.16. The quantitative estimate of drug-likeness (QED) is 0.553. The van der Waals surface area contributed by atoms with Crippen LogP contribution in [0, 0.1) is 10.1 Å². The van der Waals surface area contributed by atoms with Crippen LogP contribution in [0.3, 0.4) is 0 Å². The second-order valence-electron chi connectivity index (χ2n) is 4.86. The maximum atomic E-state index is 11.0. The highest BCUT2D eigenvalue weighted by Crippen LogP contribution is 2.26. The average molecular weight is 279 g/mol.